The number of carbonyl (C=O) groups is 3. The minimum absolute atomic E-state index is 0.135. The highest BCUT2D eigenvalue weighted by Crippen LogP contribution is 2.16. The monoisotopic (exact) mass is 356 g/mol. The molecular formula is C15H24N4O4S. The fourth-order valence-electron chi connectivity index (χ4n) is 1.57. The molecule has 0 radical (unpaired) electrons. The second-order valence-electron chi connectivity index (χ2n) is 5.53. The second-order valence-corrected chi connectivity index (χ2v) is 6.39. The van der Waals surface area contributed by atoms with Gasteiger partial charge in [-0.1, -0.05) is 20.8 Å². The Morgan fingerprint density at radius 3 is 2.71 bits per heavy atom. The number of anilines is 1. The maximum atomic E-state index is 11.8. The van der Waals surface area contributed by atoms with Gasteiger partial charge in [0.15, 0.2) is 17.4 Å². The number of carbonyl (C=O) groups excluding carboxylic acids is 3. The molecule has 8 nitrogen and oxygen atoms in total. The van der Waals surface area contributed by atoms with Crippen molar-refractivity contribution in [3.63, 3.8) is 0 Å². The average Bonchev–Trinajstić information content (AvgIpc) is 2.99. The van der Waals surface area contributed by atoms with E-state index in [2.05, 4.69) is 34.8 Å². The van der Waals surface area contributed by atoms with Gasteiger partial charge in [-0.15, -0.1) is 11.3 Å². The van der Waals surface area contributed by atoms with Crippen LogP contribution in [0.5, 0.6) is 0 Å². The Hall–Kier alpha value is -2.16. The molecule has 0 aromatic carbocycles. The van der Waals surface area contributed by atoms with Crippen molar-refractivity contribution in [2.75, 3.05) is 25.0 Å². The van der Waals surface area contributed by atoms with Gasteiger partial charge in [0, 0.05) is 18.5 Å². The van der Waals surface area contributed by atoms with E-state index in [0.29, 0.717) is 17.6 Å². The van der Waals surface area contributed by atoms with Crippen molar-refractivity contribution in [3.05, 3.63) is 11.1 Å². The highest BCUT2D eigenvalue weighted by molar-refractivity contribution is 7.13. The summed E-state index contributed by atoms with van der Waals surface area (Å²) in [6.45, 7) is 6.84. The van der Waals surface area contributed by atoms with Crippen LogP contribution < -0.4 is 16.0 Å². The second kappa shape index (κ2) is 10.6. The van der Waals surface area contributed by atoms with Gasteiger partial charge in [0.25, 0.3) is 5.91 Å². The highest BCUT2D eigenvalue weighted by Gasteiger charge is 2.15. The minimum atomic E-state index is -0.702. The Bertz CT molecular complexity index is 559. The predicted octanol–water partition coefficient (Wildman–Crippen LogP) is 1.99. The van der Waals surface area contributed by atoms with Gasteiger partial charge >= 0.3 is 12.0 Å². The summed E-state index contributed by atoms with van der Waals surface area (Å²) in [5.41, 5.74) is 0.135. The van der Waals surface area contributed by atoms with Gasteiger partial charge in [0.05, 0.1) is 0 Å². The summed E-state index contributed by atoms with van der Waals surface area (Å²) in [4.78, 5) is 38.7. The van der Waals surface area contributed by atoms with Crippen molar-refractivity contribution < 1.29 is 19.1 Å². The molecule has 0 unspecified atom stereocenters. The zero-order valence-corrected chi connectivity index (χ0v) is 15.0. The first kappa shape index (κ1) is 19.9. The fourth-order valence-corrected chi connectivity index (χ4v) is 2.28. The number of nitrogens with one attached hydrogen (secondary N) is 3. The topological polar surface area (TPSA) is 109 Å². The third kappa shape index (κ3) is 7.91. The Kier molecular flexibility index (Phi) is 8.77. The Balaban J connectivity index is 2.33. The molecule has 24 heavy (non-hydrogen) atoms. The first-order valence-electron chi connectivity index (χ1n) is 7.86. The number of rotatable bonds is 9. The van der Waals surface area contributed by atoms with Crippen LogP contribution in [0.25, 0.3) is 0 Å². The molecule has 3 amide bonds. The van der Waals surface area contributed by atoms with Crippen molar-refractivity contribution in [2.45, 2.75) is 33.6 Å². The molecule has 9 heteroatoms. The van der Waals surface area contributed by atoms with Gasteiger partial charge in [0.1, 0.15) is 0 Å². The molecule has 0 saturated carbocycles. The van der Waals surface area contributed by atoms with Gasteiger partial charge in [-0.3, -0.25) is 10.1 Å². The Morgan fingerprint density at radius 2 is 2.04 bits per heavy atom. The normalized spacial score (nSPS) is 10.3. The molecule has 134 valence electrons. The minimum Gasteiger partial charge on any atom is -0.451 e. The summed E-state index contributed by atoms with van der Waals surface area (Å²) in [5.74, 6) is -0.815. The smallest absolute Gasteiger partial charge is 0.358 e. The number of amides is 3. The summed E-state index contributed by atoms with van der Waals surface area (Å²) >= 11 is 1.30. The van der Waals surface area contributed by atoms with E-state index in [1.165, 1.54) is 11.3 Å². The molecule has 3 N–H and O–H groups in total. The van der Waals surface area contributed by atoms with E-state index < -0.39 is 24.5 Å². The maximum absolute atomic E-state index is 11.8. The molecule has 0 aliphatic carbocycles. The summed E-state index contributed by atoms with van der Waals surface area (Å²) in [7, 11) is 0. The average molecular weight is 356 g/mol. The van der Waals surface area contributed by atoms with Crippen molar-refractivity contribution in [1.29, 1.82) is 0 Å². The Morgan fingerprint density at radius 1 is 1.29 bits per heavy atom. The molecule has 0 aliphatic heterocycles. The number of hydrogen-bond donors (Lipinski definition) is 3. The maximum Gasteiger partial charge on any atom is 0.358 e. The lowest BCUT2D eigenvalue weighted by Gasteiger charge is -2.06. The van der Waals surface area contributed by atoms with Crippen LogP contribution in [-0.2, 0) is 9.53 Å². The lowest BCUT2D eigenvalue weighted by Crippen LogP contribution is -2.41. The van der Waals surface area contributed by atoms with E-state index in [4.69, 9.17) is 4.74 Å². The van der Waals surface area contributed by atoms with Crippen LogP contribution in [-0.4, -0.2) is 42.6 Å². The SMILES string of the molecule is CCCNC(=O)NC(=O)COC(=O)c1csc(NCCC(C)C)n1. The standard InChI is InChI=1S/C15H24N4O4S/c1-4-6-16-14(22)19-12(20)8-23-13(21)11-9-24-15(18-11)17-7-5-10(2)3/h9-10H,4-8H2,1-3H3,(H,17,18)(H2,16,19,20,22). The number of hydrogen-bond acceptors (Lipinski definition) is 7. The lowest BCUT2D eigenvalue weighted by atomic mass is 10.1. The molecule has 0 spiro atoms. The first-order chi connectivity index (χ1) is 11.4. The van der Waals surface area contributed by atoms with Gasteiger partial charge in [-0.05, 0) is 18.8 Å². The number of nitrogens with zero attached hydrogens (tertiary/aromatic N) is 1. The van der Waals surface area contributed by atoms with E-state index >= 15 is 0 Å². The molecule has 0 atom stereocenters. The molecule has 0 bridgehead atoms. The highest BCUT2D eigenvalue weighted by atomic mass is 32.1. The zero-order valence-electron chi connectivity index (χ0n) is 14.2. The number of thiazole rings is 1. The van der Waals surface area contributed by atoms with E-state index in [9.17, 15) is 14.4 Å². The van der Waals surface area contributed by atoms with Crippen LogP contribution in [0, 0.1) is 5.92 Å². The fraction of sp³-hybridized carbons (Fsp3) is 0.600. The van der Waals surface area contributed by atoms with Gasteiger partial charge in [0.2, 0.25) is 0 Å². The molecule has 0 aliphatic rings. The van der Waals surface area contributed by atoms with Crippen molar-refractivity contribution >= 4 is 34.4 Å². The molecule has 1 rings (SSSR count). The van der Waals surface area contributed by atoms with Gasteiger partial charge in [-0.25, -0.2) is 14.6 Å². The van der Waals surface area contributed by atoms with Crippen molar-refractivity contribution in [2.24, 2.45) is 5.92 Å². The summed E-state index contributed by atoms with van der Waals surface area (Å²) in [5, 5.41) is 9.87. The van der Waals surface area contributed by atoms with Crippen LogP contribution >= 0.6 is 11.3 Å². The lowest BCUT2D eigenvalue weighted by molar-refractivity contribution is -0.123. The van der Waals surface area contributed by atoms with E-state index in [0.717, 1.165) is 19.4 Å². The number of ether oxygens (including phenoxy) is 1. The zero-order chi connectivity index (χ0) is 17.9. The third-order valence-electron chi connectivity index (χ3n) is 2.83. The van der Waals surface area contributed by atoms with Crippen LogP contribution in [0.15, 0.2) is 5.38 Å². The summed E-state index contributed by atoms with van der Waals surface area (Å²) < 4.78 is 4.84. The van der Waals surface area contributed by atoms with Crippen LogP contribution in [0.2, 0.25) is 0 Å². The van der Waals surface area contributed by atoms with E-state index in [-0.39, 0.29) is 5.69 Å². The van der Waals surface area contributed by atoms with Crippen molar-refractivity contribution in [3.8, 4) is 0 Å². The number of esters is 1. The summed E-state index contributed by atoms with van der Waals surface area (Å²) in [6.07, 6.45) is 1.76. The molecule has 1 aromatic rings. The van der Waals surface area contributed by atoms with Crippen LogP contribution in [0.3, 0.4) is 0 Å². The quantitative estimate of drug-likeness (QED) is 0.584. The van der Waals surface area contributed by atoms with E-state index in [1.54, 1.807) is 5.38 Å². The van der Waals surface area contributed by atoms with Gasteiger partial charge < -0.3 is 15.4 Å². The molecule has 1 aromatic heterocycles. The molecule has 1 heterocycles. The van der Waals surface area contributed by atoms with E-state index in [1.807, 2.05) is 6.92 Å². The van der Waals surface area contributed by atoms with Crippen LogP contribution in [0.4, 0.5) is 9.93 Å². The largest absolute Gasteiger partial charge is 0.451 e. The molecule has 0 fully saturated rings. The molecular weight excluding hydrogens is 332 g/mol. The predicted molar refractivity (Wildman–Crippen MR) is 92.2 cm³/mol. The number of imide groups is 1. The number of aromatic nitrogens is 1. The van der Waals surface area contributed by atoms with Crippen molar-refractivity contribution in [1.82, 2.24) is 15.6 Å². The Labute approximate surface area is 145 Å². The molecule has 0 saturated heterocycles. The van der Waals surface area contributed by atoms with Gasteiger partial charge in [-0.2, -0.15) is 0 Å². The first-order valence-corrected chi connectivity index (χ1v) is 8.74. The summed E-state index contributed by atoms with van der Waals surface area (Å²) in [6, 6.07) is -0.608. The van der Waals surface area contributed by atoms with Crippen LogP contribution in [0.1, 0.15) is 44.1 Å². The number of urea groups is 1. The third-order valence-corrected chi connectivity index (χ3v) is 3.63.